The van der Waals surface area contributed by atoms with E-state index >= 15 is 0 Å². The summed E-state index contributed by atoms with van der Waals surface area (Å²) in [6.45, 7) is 0.577. The smallest absolute Gasteiger partial charge is 0.268 e. The Balaban J connectivity index is 2.51. The minimum absolute atomic E-state index is 0.149. The highest BCUT2D eigenvalue weighted by atomic mass is 35.5. The summed E-state index contributed by atoms with van der Waals surface area (Å²) >= 11 is 5.78. The van der Waals surface area contributed by atoms with Gasteiger partial charge in [0.25, 0.3) is 5.91 Å². The van der Waals surface area contributed by atoms with Crippen molar-refractivity contribution >= 4 is 17.5 Å². The van der Waals surface area contributed by atoms with E-state index in [1.165, 1.54) is 5.01 Å². The van der Waals surface area contributed by atoms with E-state index in [1.807, 2.05) is 6.07 Å². The molecule has 2 rings (SSSR count). The van der Waals surface area contributed by atoms with Gasteiger partial charge in [0.2, 0.25) is 0 Å². The van der Waals surface area contributed by atoms with Crippen LogP contribution in [0.3, 0.4) is 0 Å². The minimum Gasteiger partial charge on any atom is -0.276 e. The summed E-state index contributed by atoms with van der Waals surface area (Å²) in [7, 11) is 0. The van der Waals surface area contributed by atoms with Crippen LogP contribution in [-0.2, 0) is 6.42 Å². The number of amides is 1. The number of nitrogens with two attached hydrogens (primary N) is 1. The molecule has 0 aromatic heterocycles. The highest BCUT2D eigenvalue weighted by Gasteiger charge is 2.21. The third-order valence-electron chi connectivity index (χ3n) is 2.19. The minimum atomic E-state index is -0.149. The molecule has 1 aliphatic rings. The summed E-state index contributed by atoms with van der Waals surface area (Å²) in [5.41, 5.74) is 1.65. The van der Waals surface area contributed by atoms with E-state index in [4.69, 9.17) is 17.4 Å². The molecule has 0 unspecified atom stereocenters. The Morgan fingerprint density at radius 2 is 2.23 bits per heavy atom. The SMILES string of the molecule is NN1CCc2ccc(Cl)cc2C1=O. The van der Waals surface area contributed by atoms with Gasteiger partial charge in [-0.15, -0.1) is 0 Å². The van der Waals surface area contributed by atoms with Gasteiger partial charge in [0.15, 0.2) is 0 Å². The van der Waals surface area contributed by atoms with Crippen molar-refractivity contribution in [3.8, 4) is 0 Å². The van der Waals surface area contributed by atoms with Gasteiger partial charge < -0.3 is 0 Å². The number of hydrogen-bond donors (Lipinski definition) is 1. The molecule has 1 aliphatic heterocycles. The van der Waals surface area contributed by atoms with Gasteiger partial charge in [-0.05, 0) is 24.1 Å². The summed E-state index contributed by atoms with van der Waals surface area (Å²) in [4.78, 5) is 11.5. The van der Waals surface area contributed by atoms with Crippen LogP contribution in [0.4, 0.5) is 0 Å². The summed E-state index contributed by atoms with van der Waals surface area (Å²) in [6.07, 6.45) is 0.800. The van der Waals surface area contributed by atoms with Crippen molar-refractivity contribution in [1.29, 1.82) is 0 Å². The Hall–Kier alpha value is -1.06. The maximum atomic E-state index is 11.5. The first-order valence-corrected chi connectivity index (χ1v) is 4.41. The van der Waals surface area contributed by atoms with Crippen molar-refractivity contribution in [2.75, 3.05) is 6.54 Å². The molecule has 1 amide bonds. The molecular formula is C9H9ClN2O. The Bertz CT molecular complexity index is 365. The molecule has 3 nitrogen and oxygen atoms in total. The normalized spacial score (nSPS) is 15.8. The molecule has 68 valence electrons. The second-order valence-corrected chi connectivity index (χ2v) is 3.49. The molecule has 0 spiro atoms. The standard InChI is InChI=1S/C9H9ClN2O/c10-7-2-1-6-3-4-12(11)9(13)8(6)5-7/h1-2,5H,3-4,11H2. The quantitative estimate of drug-likeness (QED) is 0.501. The molecule has 1 heterocycles. The number of halogens is 1. The van der Waals surface area contributed by atoms with Crippen molar-refractivity contribution in [2.45, 2.75) is 6.42 Å². The lowest BCUT2D eigenvalue weighted by molar-refractivity contribution is 0.0740. The predicted molar refractivity (Wildman–Crippen MR) is 50.4 cm³/mol. The first-order valence-electron chi connectivity index (χ1n) is 4.03. The lowest BCUT2D eigenvalue weighted by Gasteiger charge is -2.23. The first-order chi connectivity index (χ1) is 6.18. The van der Waals surface area contributed by atoms with Crippen LogP contribution in [0.25, 0.3) is 0 Å². The van der Waals surface area contributed by atoms with Crippen LogP contribution in [0.5, 0.6) is 0 Å². The number of nitrogens with zero attached hydrogens (tertiary/aromatic N) is 1. The van der Waals surface area contributed by atoms with Gasteiger partial charge in [-0.2, -0.15) is 0 Å². The lowest BCUT2D eigenvalue weighted by atomic mass is 10.0. The van der Waals surface area contributed by atoms with E-state index in [0.717, 1.165) is 12.0 Å². The van der Waals surface area contributed by atoms with E-state index < -0.39 is 0 Å². The monoisotopic (exact) mass is 196 g/mol. The number of fused-ring (bicyclic) bond motifs is 1. The second-order valence-electron chi connectivity index (χ2n) is 3.05. The molecule has 1 aromatic carbocycles. The molecule has 1 aromatic rings. The van der Waals surface area contributed by atoms with Crippen molar-refractivity contribution in [3.05, 3.63) is 34.3 Å². The van der Waals surface area contributed by atoms with Crippen LogP contribution in [0.2, 0.25) is 5.02 Å². The first kappa shape index (κ1) is 8.53. The van der Waals surface area contributed by atoms with E-state index in [9.17, 15) is 4.79 Å². The van der Waals surface area contributed by atoms with Gasteiger partial charge in [-0.25, -0.2) is 5.84 Å². The van der Waals surface area contributed by atoms with Crippen LogP contribution in [-0.4, -0.2) is 17.5 Å². The zero-order valence-corrected chi connectivity index (χ0v) is 7.71. The number of carbonyl (C=O) groups is 1. The second kappa shape index (κ2) is 3.01. The third kappa shape index (κ3) is 1.41. The average Bonchev–Trinajstić information content (AvgIpc) is 2.12. The van der Waals surface area contributed by atoms with Gasteiger partial charge in [-0.1, -0.05) is 17.7 Å². The Labute approximate surface area is 81.1 Å². The summed E-state index contributed by atoms with van der Waals surface area (Å²) < 4.78 is 0. The van der Waals surface area contributed by atoms with Crippen molar-refractivity contribution in [2.24, 2.45) is 5.84 Å². The van der Waals surface area contributed by atoms with E-state index in [-0.39, 0.29) is 5.91 Å². The molecule has 4 heteroatoms. The van der Waals surface area contributed by atoms with Crippen molar-refractivity contribution < 1.29 is 4.79 Å². The fourth-order valence-corrected chi connectivity index (χ4v) is 1.64. The van der Waals surface area contributed by atoms with Crippen LogP contribution >= 0.6 is 11.6 Å². The number of carbonyl (C=O) groups excluding carboxylic acids is 1. The van der Waals surface area contributed by atoms with Gasteiger partial charge in [0.05, 0.1) is 0 Å². The number of rotatable bonds is 0. The molecule has 0 fully saturated rings. The van der Waals surface area contributed by atoms with Crippen LogP contribution in [0.1, 0.15) is 15.9 Å². The van der Waals surface area contributed by atoms with Crippen LogP contribution < -0.4 is 5.84 Å². The fraction of sp³-hybridized carbons (Fsp3) is 0.222. The third-order valence-corrected chi connectivity index (χ3v) is 2.42. The Kier molecular flexibility index (Phi) is 1.98. The average molecular weight is 197 g/mol. The molecular weight excluding hydrogens is 188 g/mol. The number of hydrazine groups is 1. The van der Waals surface area contributed by atoms with Crippen LogP contribution in [0, 0.1) is 0 Å². The molecule has 0 saturated carbocycles. The molecule has 0 bridgehead atoms. The van der Waals surface area contributed by atoms with Gasteiger partial charge in [-0.3, -0.25) is 9.80 Å². The zero-order chi connectivity index (χ0) is 9.42. The molecule has 0 saturated heterocycles. The predicted octanol–water partition coefficient (Wildman–Crippen LogP) is 1.21. The molecule has 0 atom stereocenters. The Morgan fingerprint density at radius 1 is 1.46 bits per heavy atom. The highest BCUT2D eigenvalue weighted by Crippen LogP contribution is 2.20. The topological polar surface area (TPSA) is 46.3 Å². The van der Waals surface area contributed by atoms with E-state index in [0.29, 0.717) is 17.1 Å². The van der Waals surface area contributed by atoms with Crippen molar-refractivity contribution in [1.82, 2.24) is 5.01 Å². The maximum absolute atomic E-state index is 11.5. The van der Waals surface area contributed by atoms with E-state index in [1.54, 1.807) is 12.1 Å². The summed E-state index contributed by atoms with van der Waals surface area (Å²) in [5, 5.41) is 1.79. The number of hydrogen-bond acceptors (Lipinski definition) is 2. The van der Waals surface area contributed by atoms with Crippen LogP contribution in [0.15, 0.2) is 18.2 Å². The lowest BCUT2D eigenvalue weighted by Crippen LogP contribution is -2.42. The molecule has 2 N–H and O–H groups in total. The fourth-order valence-electron chi connectivity index (χ4n) is 1.46. The maximum Gasteiger partial charge on any atom is 0.268 e. The highest BCUT2D eigenvalue weighted by molar-refractivity contribution is 6.31. The number of benzene rings is 1. The van der Waals surface area contributed by atoms with E-state index in [2.05, 4.69) is 0 Å². The summed E-state index contributed by atoms with van der Waals surface area (Å²) in [6, 6.07) is 5.33. The summed E-state index contributed by atoms with van der Waals surface area (Å²) in [5.74, 6) is 5.33. The molecule has 0 aliphatic carbocycles. The largest absolute Gasteiger partial charge is 0.276 e. The molecule has 13 heavy (non-hydrogen) atoms. The van der Waals surface area contributed by atoms with Gasteiger partial charge in [0.1, 0.15) is 0 Å². The van der Waals surface area contributed by atoms with Gasteiger partial charge in [0, 0.05) is 17.1 Å². The Morgan fingerprint density at radius 3 is 3.00 bits per heavy atom. The zero-order valence-electron chi connectivity index (χ0n) is 6.96. The molecule has 0 radical (unpaired) electrons. The van der Waals surface area contributed by atoms with Gasteiger partial charge >= 0.3 is 0 Å². The van der Waals surface area contributed by atoms with Crippen molar-refractivity contribution in [3.63, 3.8) is 0 Å².